The third kappa shape index (κ3) is 1.62. The van der Waals surface area contributed by atoms with Gasteiger partial charge in [-0.05, 0) is 12.1 Å². The van der Waals surface area contributed by atoms with Gasteiger partial charge in [-0.1, -0.05) is 46.9 Å². The van der Waals surface area contributed by atoms with Crippen LogP contribution in [0.3, 0.4) is 0 Å². The summed E-state index contributed by atoms with van der Waals surface area (Å²) in [5.41, 5.74) is 2.59. The Morgan fingerprint density at radius 2 is 1.05 bits per heavy atom. The van der Waals surface area contributed by atoms with Crippen LogP contribution in [0.25, 0.3) is 30.4 Å². The second-order valence-corrected chi connectivity index (χ2v) is 6.93. The molecular weight excluding hydrogens is 284 g/mol. The maximum Gasteiger partial charge on any atom is 0.346 e. The molecule has 0 bridgehead atoms. The zero-order chi connectivity index (χ0) is 13.7. The van der Waals surface area contributed by atoms with Crippen molar-refractivity contribution in [2.45, 2.75) is 0 Å². The van der Waals surface area contributed by atoms with E-state index < -0.39 is 0 Å². The van der Waals surface area contributed by atoms with Gasteiger partial charge in [0.1, 0.15) is 23.5 Å². The number of aromatic nitrogens is 2. The second kappa shape index (κ2) is 4.36. The number of fused-ring (bicyclic) bond motifs is 2. The smallest absolute Gasteiger partial charge is 0.178 e. The van der Waals surface area contributed by atoms with Gasteiger partial charge in [-0.25, -0.2) is 0 Å². The molecule has 0 saturated carbocycles. The monoisotopic (exact) mass is 298 g/mol. The van der Waals surface area contributed by atoms with Crippen LogP contribution >= 0.6 is 22.7 Å². The molecule has 0 N–H and O–H groups in total. The van der Waals surface area contributed by atoms with E-state index in [2.05, 4.69) is 71.8 Å². The minimum Gasteiger partial charge on any atom is -0.178 e. The number of thiazole rings is 2. The molecule has 2 heterocycles. The normalized spacial score (nSPS) is 11.5. The fourth-order valence-corrected chi connectivity index (χ4v) is 5.08. The lowest BCUT2D eigenvalue weighted by Gasteiger charge is -1.88. The van der Waals surface area contributed by atoms with Crippen LogP contribution in [0.5, 0.6) is 0 Å². The summed E-state index contributed by atoms with van der Waals surface area (Å²) in [5, 5.41) is 2.63. The zero-order valence-electron chi connectivity index (χ0n) is 11.3. The summed E-state index contributed by atoms with van der Waals surface area (Å²) >= 11 is 3.72. The minimum atomic E-state index is 1.30. The summed E-state index contributed by atoms with van der Waals surface area (Å²) < 4.78 is 7.26. The molecule has 0 amide bonds. The SMILES string of the molecule is C[n+]1c(-c2sc3ccccc3[n+]2C)sc2ccccc21. The average Bonchev–Trinajstić information content (AvgIpc) is 2.98. The molecule has 4 aromatic rings. The van der Waals surface area contributed by atoms with Crippen molar-refractivity contribution in [3.63, 3.8) is 0 Å². The molecule has 0 radical (unpaired) electrons. The van der Waals surface area contributed by atoms with E-state index in [1.165, 1.54) is 30.4 Å². The number of nitrogens with zero attached hydrogens (tertiary/aromatic N) is 2. The predicted octanol–water partition coefficient (Wildman–Crippen LogP) is 3.43. The van der Waals surface area contributed by atoms with Gasteiger partial charge in [0.2, 0.25) is 11.0 Å². The molecule has 2 nitrogen and oxygen atoms in total. The van der Waals surface area contributed by atoms with Crippen molar-refractivity contribution < 1.29 is 9.13 Å². The Hall–Kier alpha value is -1.78. The molecule has 0 spiro atoms. The molecule has 4 heteroatoms. The van der Waals surface area contributed by atoms with E-state index in [0.717, 1.165) is 0 Å². The Labute approximate surface area is 125 Å². The van der Waals surface area contributed by atoms with Crippen LogP contribution in [0.2, 0.25) is 0 Å². The van der Waals surface area contributed by atoms with Crippen LogP contribution in [0.15, 0.2) is 48.5 Å². The second-order valence-electron chi connectivity index (χ2n) is 4.87. The van der Waals surface area contributed by atoms with Crippen molar-refractivity contribution in [3.8, 4) is 10.0 Å². The summed E-state index contributed by atoms with van der Waals surface area (Å²) in [5.74, 6) is 0. The molecule has 0 aliphatic rings. The molecule has 20 heavy (non-hydrogen) atoms. The number of benzene rings is 2. The Morgan fingerprint density at radius 1 is 0.650 bits per heavy atom. The zero-order valence-corrected chi connectivity index (χ0v) is 13.0. The van der Waals surface area contributed by atoms with Crippen molar-refractivity contribution in [2.75, 3.05) is 0 Å². The fourth-order valence-electron chi connectivity index (χ4n) is 2.58. The van der Waals surface area contributed by atoms with Crippen LogP contribution in [-0.2, 0) is 14.1 Å². The Bertz CT molecular complexity index is 856. The predicted molar refractivity (Wildman–Crippen MR) is 85.0 cm³/mol. The first-order valence-corrected chi connectivity index (χ1v) is 8.14. The van der Waals surface area contributed by atoms with Crippen molar-refractivity contribution in [3.05, 3.63) is 48.5 Å². The molecule has 0 aliphatic heterocycles. The summed E-state index contributed by atoms with van der Waals surface area (Å²) in [6, 6.07) is 17.2. The van der Waals surface area contributed by atoms with E-state index in [-0.39, 0.29) is 0 Å². The van der Waals surface area contributed by atoms with E-state index in [9.17, 15) is 0 Å². The van der Waals surface area contributed by atoms with Gasteiger partial charge in [-0.2, -0.15) is 9.13 Å². The maximum atomic E-state index is 2.30. The van der Waals surface area contributed by atoms with Crippen LogP contribution in [-0.4, -0.2) is 0 Å². The van der Waals surface area contributed by atoms with E-state index in [4.69, 9.17) is 0 Å². The van der Waals surface area contributed by atoms with Gasteiger partial charge in [0.15, 0.2) is 0 Å². The van der Waals surface area contributed by atoms with E-state index in [1.54, 1.807) is 0 Å². The van der Waals surface area contributed by atoms with Gasteiger partial charge in [-0.15, -0.1) is 0 Å². The Kier molecular flexibility index (Phi) is 2.62. The first-order chi connectivity index (χ1) is 9.75. The van der Waals surface area contributed by atoms with Crippen molar-refractivity contribution in [1.29, 1.82) is 0 Å². The molecule has 0 atom stereocenters. The number of rotatable bonds is 1. The largest absolute Gasteiger partial charge is 0.346 e. The van der Waals surface area contributed by atoms with Gasteiger partial charge in [0, 0.05) is 12.1 Å². The van der Waals surface area contributed by atoms with Gasteiger partial charge >= 0.3 is 10.0 Å². The molecule has 2 aromatic heterocycles. The third-order valence-corrected chi connectivity index (χ3v) is 6.24. The van der Waals surface area contributed by atoms with E-state index in [1.807, 2.05) is 22.7 Å². The van der Waals surface area contributed by atoms with Crippen molar-refractivity contribution >= 4 is 43.1 Å². The molecule has 0 aliphatic carbocycles. The van der Waals surface area contributed by atoms with Crippen LogP contribution in [0.4, 0.5) is 0 Å². The first-order valence-electron chi connectivity index (χ1n) is 6.51. The Balaban J connectivity index is 2.06. The number of hydrogen-bond acceptors (Lipinski definition) is 2. The first kappa shape index (κ1) is 12.0. The molecule has 0 fully saturated rings. The summed E-state index contributed by atoms with van der Waals surface area (Å²) in [7, 11) is 4.30. The van der Waals surface area contributed by atoms with E-state index >= 15 is 0 Å². The maximum absolute atomic E-state index is 2.30. The van der Waals surface area contributed by atoms with Crippen LogP contribution < -0.4 is 9.13 Å². The number of aryl methyl sites for hydroxylation is 2. The molecule has 2 aromatic carbocycles. The lowest BCUT2D eigenvalue weighted by Crippen LogP contribution is -2.35. The van der Waals surface area contributed by atoms with Crippen LogP contribution in [0, 0.1) is 0 Å². The summed E-state index contributed by atoms with van der Waals surface area (Å²) in [4.78, 5) is 0. The van der Waals surface area contributed by atoms with E-state index in [0.29, 0.717) is 0 Å². The Morgan fingerprint density at radius 3 is 1.45 bits per heavy atom. The highest BCUT2D eigenvalue weighted by Gasteiger charge is 2.29. The molecule has 98 valence electrons. The van der Waals surface area contributed by atoms with Crippen molar-refractivity contribution in [1.82, 2.24) is 0 Å². The highest BCUT2D eigenvalue weighted by atomic mass is 32.1. The fraction of sp³-hybridized carbons (Fsp3) is 0.125. The third-order valence-electron chi connectivity index (χ3n) is 3.66. The van der Waals surface area contributed by atoms with Crippen LogP contribution in [0.1, 0.15) is 0 Å². The van der Waals surface area contributed by atoms with Gasteiger partial charge < -0.3 is 0 Å². The van der Waals surface area contributed by atoms with Gasteiger partial charge in [-0.3, -0.25) is 0 Å². The minimum absolute atomic E-state index is 1.30. The summed E-state index contributed by atoms with van der Waals surface area (Å²) in [6.07, 6.45) is 0. The quantitative estimate of drug-likeness (QED) is 0.476. The van der Waals surface area contributed by atoms with Gasteiger partial charge in [0.05, 0.1) is 0 Å². The standard InChI is InChI=1S/C16H14N2S2/c1-17-11-7-3-5-9-13(11)19-15(17)16-18(2)12-8-4-6-10-14(12)20-16/h3-10H,1-2H3/q+2. The topological polar surface area (TPSA) is 7.76 Å². The van der Waals surface area contributed by atoms with Crippen molar-refractivity contribution in [2.24, 2.45) is 14.1 Å². The lowest BCUT2D eigenvalue weighted by molar-refractivity contribution is -0.658. The molecule has 0 unspecified atom stereocenters. The van der Waals surface area contributed by atoms with Gasteiger partial charge in [0.25, 0.3) is 0 Å². The number of para-hydroxylation sites is 2. The highest BCUT2D eigenvalue weighted by molar-refractivity contribution is 7.27. The molecular formula is C16H14N2S2+2. The average molecular weight is 298 g/mol. The highest BCUT2D eigenvalue weighted by Crippen LogP contribution is 2.32. The molecule has 0 saturated heterocycles. The summed E-state index contributed by atoms with van der Waals surface area (Å²) in [6.45, 7) is 0. The number of hydrogen-bond donors (Lipinski definition) is 0. The molecule has 4 rings (SSSR count). The lowest BCUT2D eigenvalue weighted by atomic mass is 10.3.